The van der Waals surface area contributed by atoms with Crippen molar-refractivity contribution in [3.05, 3.63) is 0 Å². The Morgan fingerprint density at radius 3 is 2.93 bits per heavy atom. The van der Waals surface area contributed by atoms with Crippen LogP contribution >= 0.6 is 0 Å². The van der Waals surface area contributed by atoms with Crippen LogP contribution in [0.2, 0.25) is 0 Å². The molecule has 2 rings (SSSR count). The van der Waals surface area contributed by atoms with Crippen LogP contribution in [0.15, 0.2) is 0 Å². The van der Waals surface area contributed by atoms with Crippen LogP contribution in [0, 0.1) is 5.92 Å². The molecular weight excluding hydrogens is 192 g/mol. The molecule has 2 aliphatic heterocycles. The standard InChI is InChI=1S/C11H22N2O2/c1-9(10-2-4-14-6-10)13-7-11(12)3-5-15-8-11/h9-10,13H,2-8,12H2,1H3. The summed E-state index contributed by atoms with van der Waals surface area (Å²) < 4.78 is 10.7. The lowest BCUT2D eigenvalue weighted by Crippen LogP contribution is -2.52. The monoisotopic (exact) mass is 214 g/mol. The highest BCUT2D eigenvalue weighted by molar-refractivity contribution is 4.91. The Labute approximate surface area is 91.5 Å². The summed E-state index contributed by atoms with van der Waals surface area (Å²) in [6.45, 7) is 6.37. The van der Waals surface area contributed by atoms with Gasteiger partial charge in [-0.2, -0.15) is 0 Å². The van der Waals surface area contributed by atoms with Crippen LogP contribution in [-0.2, 0) is 9.47 Å². The third kappa shape index (κ3) is 2.91. The van der Waals surface area contributed by atoms with Gasteiger partial charge in [-0.15, -0.1) is 0 Å². The number of nitrogens with one attached hydrogen (secondary N) is 1. The van der Waals surface area contributed by atoms with Crippen molar-refractivity contribution in [3.8, 4) is 0 Å². The van der Waals surface area contributed by atoms with Gasteiger partial charge >= 0.3 is 0 Å². The summed E-state index contributed by atoms with van der Waals surface area (Å²) in [5.74, 6) is 0.649. The van der Waals surface area contributed by atoms with Crippen LogP contribution in [0.5, 0.6) is 0 Å². The zero-order valence-corrected chi connectivity index (χ0v) is 9.50. The van der Waals surface area contributed by atoms with E-state index in [1.807, 2.05) is 0 Å². The van der Waals surface area contributed by atoms with Gasteiger partial charge in [0.25, 0.3) is 0 Å². The van der Waals surface area contributed by atoms with E-state index < -0.39 is 0 Å². The molecule has 3 N–H and O–H groups in total. The molecule has 88 valence electrons. The molecule has 0 radical (unpaired) electrons. The minimum Gasteiger partial charge on any atom is -0.381 e. The van der Waals surface area contributed by atoms with Crippen LogP contribution < -0.4 is 11.1 Å². The number of rotatable bonds is 4. The van der Waals surface area contributed by atoms with E-state index in [-0.39, 0.29) is 5.54 Å². The van der Waals surface area contributed by atoms with Crippen molar-refractivity contribution < 1.29 is 9.47 Å². The maximum Gasteiger partial charge on any atom is 0.0659 e. The number of hydrogen-bond acceptors (Lipinski definition) is 4. The minimum absolute atomic E-state index is 0.145. The molecule has 0 aromatic rings. The van der Waals surface area contributed by atoms with Crippen molar-refractivity contribution in [2.75, 3.05) is 33.0 Å². The summed E-state index contributed by atoms with van der Waals surface area (Å²) in [5.41, 5.74) is 6.04. The third-order valence-electron chi connectivity index (χ3n) is 3.58. The van der Waals surface area contributed by atoms with Crippen molar-refractivity contribution in [2.24, 2.45) is 11.7 Å². The Kier molecular flexibility index (Phi) is 3.61. The molecule has 2 aliphatic rings. The second kappa shape index (κ2) is 4.78. The Bertz CT molecular complexity index is 199. The zero-order valence-electron chi connectivity index (χ0n) is 9.50. The van der Waals surface area contributed by atoms with Crippen LogP contribution in [0.3, 0.4) is 0 Å². The van der Waals surface area contributed by atoms with Gasteiger partial charge in [-0.05, 0) is 25.7 Å². The quantitative estimate of drug-likeness (QED) is 0.698. The summed E-state index contributed by atoms with van der Waals surface area (Å²) in [5, 5.41) is 3.52. The van der Waals surface area contributed by atoms with Crippen LogP contribution in [-0.4, -0.2) is 44.6 Å². The van der Waals surface area contributed by atoms with E-state index in [0.29, 0.717) is 18.6 Å². The summed E-state index contributed by atoms with van der Waals surface area (Å²) >= 11 is 0. The Morgan fingerprint density at radius 2 is 2.33 bits per heavy atom. The van der Waals surface area contributed by atoms with E-state index >= 15 is 0 Å². The molecule has 2 fully saturated rings. The van der Waals surface area contributed by atoms with E-state index in [9.17, 15) is 0 Å². The fraction of sp³-hybridized carbons (Fsp3) is 1.00. The van der Waals surface area contributed by atoms with Gasteiger partial charge in [-0.3, -0.25) is 0 Å². The molecule has 0 amide bonds. The number of ether oxygens (including phenoxy) is 2. The highest BCUT2D eigenvalue weighted by atomic mass is 16.5. The lowest BCUT2D eigenvalue weighted by molar-refractivity contribution is 0.168. The summed E-state index contributed by atoms with van der Waals surface area (Å²) in [6, 6.07) is 0.494. The average molecular weight is 214 g/mol. The maximum atomic E-state index is 6.19. The molecule has 0 spiro atoms. The highest BCUT2D eigenvalue weighted by Crippen LogP contribution is 2.18. The molecule has 15 heavy (non-hydrogen) atoms. The molecule has 0 aliphatic carbocycles. The van der Waals surface area contributed by atoms with Gasteiger partial charge in [0.2, 0.25) is 0 Å². The second-order valence-electron chi connectivity index (χ2n) is 4.96. The molecule has 2 saturated heterocycles. The smallest absolute Gasteiger partial charge is 0.0659 e. The lowest BCUT2D eigenvalue weighted by Gasteiger charge is -2.27. The van der Waals surface area contributed by atoms with Gasteiger partial charge in [0.05, 0.1) is 18.8 Å². The predicted octanol–water partition coefficient (Wildman–Crippen LogP) is 0.119. The summed E-state index contributed by atoms with van der Waals surface area (Å²) in [6.07, 6.45) is 2.14. The topological polar surface area (TPSA) is 56.5 Å². The van der Waals surface area contributed by atoms with E-state index in [0.717, 1.165) is 32.8 Å². The summed E-state index contributed by atoms with van der Waals surface area (Å²) in [7, 11) is 0. The van der Waals surface area contributed by atoms with Gasteiger partial charge in [-0.25, -0.2) is 0 Å². The lowest BCUT2D eigenvalue weighted by atomic mass is 9.97. The van der Waals surface area contributed by atoms with Gasteiger partial charge < -0.3 is 20.5 Å². The highest BCUT2D eigenvalue weighted by Gasteiger charge is 2.31. The normalized spacial score (nSPS) is 38.4. The van der Waals surface area contributed by atoms with Crippen molar-refractivity contribution >= 4 is 0 Å². The van der Waals surface area contributed by atoms with Crippen LogP contribution in [0.1, 0.15) is 19.8 Å². The SMILES string of the molecule is CC(NCC1(N)CCOC1)C1CCOC1. The molecule has 0 aromatic heterocycles. The molecule has 4 nitrogen and oxygen atoms in total. The Morgan fingerprint density at radius 1 is 1.47 bits per heavy atom. The van der Waals surface area contributed by atoms with Gasteiger partial charge in [0.15, 0.2) is 0 Å². The van der Waals surface area contributed by atoms with Crippen molar-refractivity contribution in [1.82, 2.24) is 5.32 Å². The van der Waals surface area contributed by atoms with Gasteiger partial charge in [0, 0.05) is 25.8 Å². The molecule has 0 bridgehead atoms. The fourth-order valence-corrected chi connectivity index (χ4v) is 2.24. The van der Waals surface area contributed by atoms with Crippen LogP contribution in [0.4, 0.5) is 0 Å². The molecule has 4 heteroatoms. The summed E-state index contributed by atoms with van der Waals surface area (Å²) in [4.78, 5) is 0. The maximum absolute atomic E-state index is 6.19. The first-order valence-electron chi connectivity index (χ1n) is 5.87. The molecule has 3 atom stereocenters. The average Bonchev–Trinajstić information content (AvgIpc) is 2.85. The Hall–Kier alpha value is -0.160. The molecule has 3 unspecified atom stereocenters. The molecule has 0 aromatic carbocycles. The van der Waals surface area contributed by atoms with Crippen molar-refractivity contribution in [3.63, 3.8) is 0 Å². The zero-order chi connectivity index (χ0) is 10.7. The minimum atomic E-state index is -0.145. The second-order valence-corrected chi connectivity index (χ2v) is 4.96. The fourth-order valence-electron chi connectivity index (χ4n) is 2.24. The van der Waals surface area contributed by atoms with Gasteiger partial charge in [-0.1, -0.05) is 0 Å². The Balaban J connectivity index is 1.72. The third-order valence-corrected chi connectivity index (χ3v) is 3.58. The van der Waals surface area contributed by atoms with E-state index in [1.165, 1.54) is 6.42 Å². The van der Waals surface area contributed by atoms with E-state index in [2.05, 4.69) is 12.2 Å². The van der Waals surface area contributed by atoms with Gasteiger partial charge in [0.1, 0.15) is 0 Å². The van der Waals surface area contributed by atoms with E-state index in [4.69, 9.17) is 15.2 Å². The van der Waals surface area contributed by atoms with Crippen molar-refractivity contribution in [1.29, 1.82) is 0 Å². The molecular formula is C11H22N2O2. The van der Waals surface area contributed by atoms with Crippen molar-refractivity contribution in [2.45, 2.75) is 31.3 Å². The first kappa shape index (κ1) is 11.3. The number of nitrogens with two attached hydrogens (primary N) is 1. The van der Waals surface area contributed by atoms with E-state index in [1.54, 1.807) is 0 Å². The predicted molar refractivity (Wildman–Crippen MR) is 58.7 cm³/mol. The number of hydrogen-bond donors (Lipinski definition) is 2. The first-order valence-corrected chi connectivity index (χ1v) is 5.87. The first-order chi connectivity index (χ1) is 7.20. The molecule has 0 saturated carbocycles. The molecule has 2 heterocycles. The largest absolute Gasteiger partial charge is 0.381 e. The van der Waals surface area contributed by atoms with Crippen LogP contribution in [0.25, 0.3) is 0 Å².